The summed E-state index contributed by atoms with van der Waals surface area (Å²) in [6.45, 7) is 5.42. The summed E-state index contributed by atoms with van der Waals surface area (Å²) in [4.78, 5) is 26.3. The van der Waals surface area contributed by atoms with Gasteiger partial charge in [0.05, 0.1) is 30.3 Å². The zero-order valence-corrected chi connectivity index (χ0v) is 20.0. The number of halogens is 1. The third-order valence-corrected chi connectivity index (χ3v) is 6.04. The van der Waals surface area contributed by atoms with Gasteiger partial charge in [0.2, 0.25) is 0 Å². The minimum absolute atomic E-state index is 0.0621. The van der Waals surface area contributed by atoms with Crippen LogP contribution in [0.2, 0.25) is 0 Å². The lowest BCUT2D eigenvalue weighted by atomic mass is 9.66. The van der Waals surface area contributed by atoms with Gasteiger partial charge in [-0.2, -0.15) is 0 Å². The Balaban J connectivity index is 2.23. The van der Waals surface area contributed by atoms with E-state index in [0.717, 1.165) is 10.2 Å². The van der Waals surface area contributed by atoms with Gasteiger partial charge in [0.1, 0.15) is 0 Å². The number of carbonyl (C=O) groups is 2. The molecule has 0 bridgehead atoms. The fraction of sp³-hybridized carbons (Fsp3) is 0.360. The van der Waals surface area contributed by atoms with Gasteiger partial charge in [-0.05, 0) is 50.6 Å². The zero-order chi connectivity index (χ0) is 23.3. The third kappa shape index (κ3) is 5.22. The van der Waals surface area contributed by atoms with Crippen molar-refractivity contribution in [3.05, 3.63) is 75.9 Å². The number of hydrogen-bond acceptors (Lipinski definition) is 6. The summed E-state index contributed by atoms with van der Waals surface area (Å²) in [5, 5.41) is 14.7. The molecule has 0 unspecified atom stereocenters. The monoisotopic (exact) mass is 501 g/mol. The highest BCUT2D eigenvalue weighted by Gasteiger charge is 2.52. The van der Waals surface area contributed by atoms with Crippen molar-refractivity contribution in [1.82, 2.24) is 0 Å². The highest BCUT2D eigenvalue weighted by Crippen LogP contribution is 2.48. The van der Waals surface area contributed by atoms with E-state index in [9.17, 15) is 14.7 Å². The van der Waals surface area contributed by atoms with Gasteiger partial charge < -0.3 is 19.9 Å². The molecular formula is C25H28BrNO5. The molecule has 7 heteroatoms. The summed E-state index contributed by atoms with van der Waals surface area (Å²) >= 11 is 3.43. The van der Waals surface area contributed by atoms with Gasteiger partial charge in [-0.3, -0.25) is 4.79 Å². The molecule has 6 nitrogen and oxygen atoms in total. The SMILES string of the molecule is CCOC(=O)C1=C(Nc2ccccc2)C[C@](C)(O)[C@H](C(=O)OCC)[C@@H]1c1ccc(Br)cc1. The fourth-order valence-corrected chi connectivity index (χ4v) is 4.46. The molecule has 2 aromatic rings. The average Bonchev–Trinajstić information content (AvgIpc) is 2.74. The molecule has 0 heterocycles. The summed E-state index contributed by atoms with van der Waals surface area (Å²) in [5.41, 5.74) is 0.860. The van der Waals surface area contributed by atoms with E-state index in [1.807, 2.05) is 54.6 Å². The molecule has 0 radical (unpaired) electrons. The van der Waals surface area contributed by atoms with E-state index in [1.165, 1.54) is 0 Å². The van der Waals surface area contributed by atoms with E-state index >= 15 is 0 Å². The van der Waals surface area contributed by atoms with Crippen molar-refractivity contribution in [2.45, 2.75) is 38.7 Å². The van der Waals surface area contributed by atoms with Crippen LogP contribution >= 0.6 is 15.9 Å². The summed E-state index contributed by atoms with van der Waals surface area (Å²) in [6, 6.07) is 16.7. The lowest BCUT2D eigenvalue weighted by Crippen LogP contribution is -2.49. The number of anilines is 1. The molecule has 0 aromatic heterocycles. The number of aliphatic hydroxyl groups is 1. The second kappa shape index (κ2) is 10.3. The molecule has 0 saturated carbocycles. The van der Waals surface area contributed by atoms with Gasteiger partial charge in [-0.1, -0.05) is 46.3 Å². The fourth-order valence-electron chi connectivity index (χ4n) is 4.19. The minimum atomic E-state index is -1.46. The second-order valence-corrected chi connectivity index (χ2v) is 8.81. The number of hydrogen-bond donors (Lipinski definition) is 2. The first-order valence-electron chi connectivity index (χ1n) is 10.6. The van der Waals surface area contributed by atoms with E-state index in [-0.39, 0.29) is 19.6 Å². The molecule has 0 fully saturated rings. The summed E-state index contributed by atoms with van der Waals surface area (Å²) in [7, 11) is 0. The Kier molecular flexibility index (Phi) is 7.74. The van der Waals surface area contributed by atoms with Crippen molar-refractivity contribution in [2.75, 3.05) is 18.5 Å². The molecule has 0 spiro atoms. The van der Waals surface area contributed by atoms with Crippen LogP contribution in [0.4, 0.5) is 5.69 Å². The Morgan fingerprint density at radius 1 is 1.06 bits per heavy atom. The summed E-state index contributed by atoms with van der Waals surface area (Å²) in [5.74, 6) is -2.81. The second-order valence-electron chi connectivity index (χ2n) is 7.90. The Morgan fingerprint density at radius 3 is 2.28 bits per heavy atom. The van der Waals surface area contributed by atoms with Crippen molar-refractivity contribution < 1.29 is 24.2 Å². The highest BCUT2D eigenvalue weighted by atomic mass is 79.9. The van der Waals surface area contributed by atoms with Crippen molar-refractivity contribution in [3.8, 4) is 0 Å². The van der Waals surface area contributed by atoms with E-state index in [2.05, 4.69) is 21.2 Å². The quantitative estimate of drug-likeness (QED) is 0.530. The molecule has 3 atom stereocenters. The molecule has 0 aliphatic heterocycles. The van der Waals surface area contributed by atoms with Gasteiger partial charge in [-0.25, -0.2) is 4.79 Å². The van der Waals surface area contributed by atoms with Crippen molar-refractivity contribution >= 4 is 33.6 Å². The lowest BCUT2D eigenvalue weighted by molar-refractivity contribution is -0.159. The number of ether oxygens (including phenoxy) is 2. The number of esters is 2. The van der Waals surface area contributed by atoms with Crippen LogP contribution in [0, 0.1) is 5.92 Å². The van der Waals surface area contributed by atoms with Gasteiger partial charge in [0.25, 0.3) is 0 Å². The molecule has 1 aliphatic rings. The van der Waals surface area contributed by atoms with Gasteiger partial charge in [-0.15, -0.1) is 0 Å². The molecule has 1 aliphatic carbocycles. The third-order valence-electron chi connectivity index (χ3n) is 5.51. The first kappa shape index (κ1) is 24.0. The molecule has 2 aromatic carbocycles. The van der Waals surface area contributed by atoms with Crippen LogP contribution in [0.3, 0.4) is 0 Å². The lowest BCUT2D eigenvalue weighted by Gasteiger charge is -2.43. The maximum Gasteiger partial charge on any atom is 0.336 e. The smallest absolute Gasteiger partial charge is 0.336 e. The van der Waals surface area contributed by atoms with Crippen molar-refractivity contribution in [1.29, 1.82) is 0 Å². The van der Waals surface area contributed by atoms with Gasteiger partial charge in [0, 0.05) is 28.2 Å². The number of rotatable bonds is 7. The van der Waals surface area contributed by atoms with E-state index in [1.54, 1.807) is 20.8 Å². The maximum atomic E-state index is 13.2. The molecule has 0 amide bonds. The van der Waals surface area contributed by atoms with Crippen LogP contribution in [0.1, 0.15) is 38.7 Å². The largest absolute Gasteiger partial charge is 0.466 e. The number of nitrogens with one attached hydrogen (secondary N) is 1. The standard InChI is InChI=1S/C25H28BrNO5/c1-4-31-23(28)21-19(27-18-9-7-6-8-10-18)15-25(3,30)22(24(29)32-5-2)20(21)16-11-13-17(26)14-12-16/h6-14,20,22,27,30H,4-5,15H2,1-3H3/t20-,22+,25+/m1/s1. The Labute approximate surface area is 196 Å². The minimum Gasteiger partial charge on any atom is -0.466 e. The van der Waals surface area contributed by atoms with Crippen LogP contribution in [0.5, 0.6) is 0 Å². The van der Waals surface area contributed by atoms with E-state index < -0.39 is 29.4 Å². The predicted molar refractivity (Wildman–Crippen MR) is 126 cm³/mol. The maximum absolute atomic E-state index is 13.2. The van der Waals surface area contributed by atoms with Crippen LogP contribution in [-0.2, 0) is 19.1 Å². The van der Waals surface area contributed by atoms with Crippen molar-refractivity contribution in [3.63, 3.8) is 0 Å². The first-order valence-corrected chi connectivity index (χ1v) is 11.4. The molecule has 2 N–H and O–H groups in total. The zero-order valence-electron chi connectivity index (χ0n) is 18.4. The molecular weight excluding hydrogens is 474 g/mol. The van der Waals surface area contributed by atoms with Crippen LogP contribution in [0.25, 0.3) is 0 Å². The topological polar surface area (TPSA) is 84.9 Å². The first-order chi connectivity index (χ1) is 15.3. The van der Waals surface area contributed by atoms with E-state index in [0.29, 0.717) is 16.8 Å². The van der Waals surface area contributed by atoms with Gasteiger partial charge >= 0.3 is 11.9 Å². The highest BCUT2D eigenvalue weighted by molar-refractivity contribution is 9.10. The number of para-hydroxylation sites is 1. The number of benzene rings is 2. The summed E-state index contributed by atoms with van der Waals surface area (Å²) < 4.78 is 11.6. The Hall–Kier alpha value is -2.64. The Morgan fingerprint density at radius 2 is 1.69 bits per heavy atom. The average molecular weight is 502 g/mol. The van der Waals surface area contributed by atoms with Crippen LogP contribution in [0.15, 0.2) is 70.3 Å². The van der Waals surface area contributed by atoms with Gasteiger partial charge in [0.15, 0.2) is 0 Å². The van der Waals surface area contributed by atoms with E-state index in [4.69, 9.17) is 9.47 Å². The normalized spacial score (nSPS) is 22.9. The molecule has 170 valence electrons. The van der Waals surface area contributed by atoms with Crippen LogP contribution in [-0.4, -0.2) is 35.9 Å². The Bertz CT molecular complexity index is 985. The predicted octanol–water partition coefficient (Wildman–Crippen LogP) is 4.80. The number of carbonyl (C=O) groups excluding carboxylic acids is 2. The molecule has 3 rings (SSSR count). The molecule has 0 saturated heterocycles. The summed E-state index contributed by atoms with van der Waals surface area (Å²) in [6.07, 6.45) is 0.0621. The van der Waals surface area contributed by atoms with Crippen LogP contribution < -0.4 is 5.32 Å². The van der Waals surface area contributed by atoms with Crippen molar-refractivity contribution in [2.24, 2.45) is 5.92 Å². The molecule has 32 heavy (non-hydrogen) atoms.